The molecule has 0 aromatic heterocycles. The van der Waals surface area contributed by atoms with Gasteiger partial charge in [-0.05, 0) is 12.8 Å². The standard InChI is InChI=1S/C9H13NO8.4Na.H2O/c11-6(12)2-1-5(9(17)18)10(3-7(13)14)4-8(15)16;;;;;/h5H,1-4H2,(H,11,12)(H,13,14)(H,15,16)(H,17,18);;;;;1H2/q;4*+1;/p-4/t5-;;;;;/m0...../s1. The summed E-state index contributed by atoms with van der Waals surface area (Å²) in [4.78, 5) is 42.1. The molecule has 0 rings (SSSR count). The minimum absolute atomic E-state index is 0. The quantitative estimate of drug-likeness (QED) is 0.354. The molecule has 0 aromatic carbocycles. The van der Waals surface area contributed by atoms with Crippen LogP contribution >= 0.6 is 0 Å². The van der Waals surface area contributed by atoms with Gasteiger partial charge in [0.1, 0.15) is 0 Å². The molecule has 0 heterocycles. The molecule has 0 amide bonds. The number of aliphatic carboxylic acids is 4. The second-order valence-electron chi connectivity index (χ2n) is 3.39. The average molecular weight is 369 g/mol. The van der Waals surface area contributed by atoms with Gasteiger partial charge in [0.05, 0.1) is 23.9 Å². The summed E-state index contributed by atoms with van der Waals surface area (Å²) < 4.78 is 0. The van der Waals surface area contributed by atoms with Crippen molar-refractivity contribution in [2.24, 2.45) is 0 Å². The van der Waals surface area contributed by atoms with Crippen molar-refractivity contribution in [1.82, 2.24) is 4.90 Å². The van der Waals surface area contributed by atoms with E-state index in [1.54, 1.807) is 0 Å². The van der Waals surface area contributed by atoms with E-state index < -0.39 is 55.9 Å². The monoisotopic (exact) mass is 369 g/mol. The van der Waals surface area contributed by atoms with Crippen molar-refractivity contribution in [3.8, 4) is 0 Å². The topological polar surface area (TPSA) is 195 Å². The van der Waals surface area contributed by atoms with Crippen LogP contribution in [0.15, 0.2) is 0 Å². The number of hydrogen-bond donors (Lipinski definition) is 0. The SMILES string of the molecule is O.O=C([O-])CC[C@@H](C(=O)[O-])N(CC(=O)[O-])CC(=O)[O-].[Na+].[Na+].[Na+].[Na+]. The largest absolute Gasteiger partial charge is 1.00 e. The van der Waals surface area contributed by atoms with E-state index in [1.165, 1.54) is 0 Å². The predicted octanol–water partition coefficient (Wildman–Crippen LogP) is -19.4. The average Bonchev–Trinajstić information content (AvgIpc) is 2.14. The fourth-order valence-corrected chi connectivity index (χ4v) is 1.31. The van der Waals surface area contributed by atoms with Gasteiger partial charge in [-0.1, -0.05) is 0 Å². The van der Waals surface area contributed by atoms with Crippen molar-refractivity contribution in [3.05, 3.63) is 0 Å². The smallest absolute Gasteiger partial charge is 0.550 e. The van der Waals surface area contributed by atoms with Crippen LogP contribution in [-0.4, -0.2) is 53.4 Å². The van der Waals surface area contributed by atoms with Gasteiger partial charge in [0.2, 0.25) is 0 Å². The van der Waals surface area contributed by atoms with Gasteiger partial charge < -0.3 is 45.1 Å². The molecule has 0 spiro atoms. The molecule has 0 aromatic rings. The zero-order valence-electron chi connectivity index (χ0n) is 13.6. The minimum atomic E-state index is -1.79. The maximum Gasteiger partial charge on any atom is 1.00 e. The van der Waals surface area contributed by atoms with E-state index in [1.807, 2.05) is 0 Å². The van der Waals surface area contributed by atoms with Crippen molar-refractivity contribution in [3.63, 3.8) is 0 Å². The van der Waals surface area contributed by atoms with Crippen molar-refractivity contribution in [1.29, 1.82) is 0 Å². The Bertz CT molecular complexity index is 353. The molecule has 110 valence electrons. The van der Waals surface area contributed by atoms with E-state index in [0.717, 1.165) is 0 Å². The van der Waals surface area contributed by atoms with Crippen LogP contribution in [0.2, 0.25) is 0 Å². The normalized spacial score (nSPS) is 9.43. The number of hydrogen-bond acceptors (Lipinski definition) is 9. The van der Waals surface area contributed by atoms with Crippen molar-refractivity contribution >= 4 is 23.9 Å². The number of carbonyl (C=O) groups excluding carboxylic acids is 4. The molecule has 0 aliphatic rings. The van der Waals surface area contributed by atoms with Gasteiger partial charge in [0, 0.05) is 19.1 Å². The van der Waals surface area contributed by atoms with Gasteiger partial charge in [-0.2, -0.15) is 0 Å². The first-order valence-corrected chi connectivity index (χ1v) is 4.78. The fraction of sp³-hybridized carbons (Fsp3) is 0.556. The van der Waals surface area contributed by atoms with Crippen molar-refractivity contribution in [2.75, 3.05) is 13.1 Å². The van der Waals surface area contributed by atoms with Crippen LogP contribution in [0.1, 0.15) is 12.8 Å². The summed E-state index contributed by atoms with van der Waals surface area (Å²) in [6.07, 6.45) is -1.24. The Morgan fingerprint density at radius 2 is 1.09 bits per heavy atom. The molecule has 23 heavy (non-hydrogen) atoms. The Morgan fingerprint density at radius 3 is 1.30 bits per heavy atom. The van der Waals surface area contributed by atoms with Crippen LogP contribution < -0.4 is 139 Å². The van der Waals surface area contributed by atoms with Gasteiger partial charge in [0.15, 0.2) is 0 Å². The molecular formula is C9H11NNa4O9. The molecule has 0 saturated heterocycles. The molecule has 0 bridgehead atoms. The molecule has 0 saturated carbocycles. The number of carboxylic acids is 4. The van der Waals surface area contributed by atoms with Crippen LogP contribution in [0.3, 0.4) is 0 Å². The molecule has 0 aliphatic heterocycles. The first-order chi connectivity index (χ1) is 8.23. The van der Waals surface area contributed by atoms with Gasteiger partial charge in [0.25, 0.3) is 0 Å². The zero-order chi connectivity index (χ0) is 14.3. The van der Waals surface area contributed by atoms with E-state index in [2.05, 4.69) is 0 Å². The van der Waals surface area contributed by atoms with E-state index in [0.29, 0.717) is 4.90 Å². The third-order valence-electron chi connectivity index (χ3n) is 2.00. The third-order valence-corrected chi connectivity index (χ3v) is 2.00. The second kappa shape index (κ2) is 21.8. The molecule has 0 unspecified atom stereocenters. The Hall–Kier alpha value is 1.80. The number of nitrogens with zero attached hydrogens (tertiary/aromatic N) is 1. The molecular weight excluding hydrogens is 358 g/mol. The van der Waals surface area contributed by atoms with Crippen LogP contribution in [0.4, 0.5) is 0 Å². The Kier molecular flexibility index (Phi) is 37.7. The summed E-state index contributed by atoms with van der Waals surface area (Å²) in [5.41, 5.74) is 0. The van der Waals surface area contributed by atoms with Crippen LogP contribution in [-0.2, 0) is 19.2 Å². The van der Waals surface area contributed by atoms with Gasteiger partial charge in [-0.15, -0.1) is 0 Å². The molecule has 14 heteroatoms. The number of carboxylic acid groups (broad SMARTS) is 4. The van der Waals surface area contributed by atoms with Crippen LogP contribution in [0.5, 0.6) is 0 Å². The Labute approximate surface area is 220 Å². The van der Waals surface area contributed by atoms with Gasteiger partial charge in [-0.3, -0.25) is 4.90 Å². The van der Waals surface area contributed by atoms with Crippen LogP contribution in [0.25, 0.3) is 0 Å². The Balaban J connectivity index is -0.000000144. The van der Waals surface area contributed by atoms with Crippen molar-refractivity contribution < 1.29 is 163 Å². The molecule has 0 radical (unpaired) electrons. The van der Waals surface area contributed by atoms with E-state index in [4.69, 9.17) is 0 Å². The summed E-state index contributed by atoms with van der Waals surface area (Å²) >= 11 is 0. The van der Waals surface area contributed by atoms with Crippen LogP contribution in [0, 0.1) is 0 Å². The Morgan fingerprint density at radius 1 is 0.739 bits per heavy atom. The fourth-order valence-electron chi connectivity index (χ4n) is 1.31. The molecule has 10 nitrogen and oxygen atoms in total. The summed E-state index contributed by atoms with van der Waals surface area (Å²) in [5.74, 6) is -6.77. The van der Waals surface area contributed by atoms with E-state index in [9.17, 15) is 39.6 Å². The van der Waals surface area contributed by atoms with Crippen molar-refractivity contribution in [2.45, 2.75) is 18.9 Å². The summed E-state index contributed by atoms with van der Waals surface area (Å²) in [6, 6.07) is -1.70. The number of rotatable bonds is 9. The maximum atomic E-state index is 10.7. The molecule has 1 atom stereocenters. The first-order valence-electron chi connectivity index (χ1n) is 4.78. The second-order valence-corrected chi connectivity index (χ2v) is 3.39. The van der Waals surface area contributed by atoms with E-state index >= 15 is 0 Å². The molecule has 0 fully saturated rings. The number of carbonyl (C=O) groups is 4. The predicted molar refractivity (Wildman–Crippen MR) is 48.2 cm³/mol. The van der Waals surface area contributed by atoms with E-state index in [-0.39, 0.29) is 124 Å². The first kappa shape index (κ1) is 39.7. The summed E-state index contributed by atoms with van der Waals surface area (Å²) in [7, 11) is 0. The minimum Gasteiger partial charge on any atom is -0.550 e. The maximum absolute atomic E-state index is 10.7. The zero-order valence-corrected chi connectivity index (χ0v) is 21.6. The molecule has 2 N–H and O–H groups in total. The van der Waals surface area contributed by atoms with Gasteiger partial charge >= 0.3 is 118 Å². The van der Waals surface area contributed by atoms with Gasteiger partial charge in [-0.25, -0.2) is 0 Å². The third kappa shape index (κ3) is 21.8. The summed E-state index contributed by atoms with van der Waals surface area (Å²) in [5, 5.41) is 41.6. The summed E-state index contributed by atoms with van der Waals surface area (Å²) in [6.45, 7) is -2.00. The molecule has 0 aliphatic carbocycles.